The van der Waals surface area contributed by atoms with E-state index in [2.05, 4.69) is 4.98 Å². The minimum absolute atomic E-state index is 0.101. The number of rotatable bonds is 6. The first-order valence-corrected chi connectivity index (χ1v) is 7.33. The summed E-state index contributed by atoms with van der Waals surface area (Å²) < 4.78 is 5.03. The Bertz CT molecular complexity index is 744. The molecule has 1 aromatic heterocycles. The number of nitrogens with one attached hydrogen (secondary N) is 1. The Morgan fingerprint density at radius 1 is 1.09 bits per heavy atom. The van der Waals surface area contributed by atoms with Crippen LogP contribution in [0, 0.1) is 13.8 Å². The van der Waals surface area contributed by atoms with E-state index in [0.29, 0.717) is 22.5 Å². The predicted octanol–water partition coefficient (Wildman–Crippen LogP) is 2.80. The quantitative estimate of drug-likeness (QED) is 0.657. The lowest BCUT2D eigenvalue weighted by atomic mass is 10.1. The number of H-pyrrole nitrogens is 1. The molecular formula is C18H19NO4. The number of aryl methyl sites for hydroxylation is 1. The van der Waals surface area contributed by atoms with Gasteiger partial charge in [-0.1, -0.05) is 30.3 Å². The van der Waals surface area contributed by atoms with Gasteiger partial charge in [0.1, 0.15) is 0 Å². The first-order chi connectivity index (χ1) is 10.9. The maximum Gasteiger partial charge on any atom is 0.310 e. The van der Waals surface area contributed by atoms with Crippen LogP contribution in [0.25, 0.3) is 0 Å². The molecule has 0 radical (unpaired) electrons. The summed E-state index contributed by atoms with van der Waals surface area (Å²) in [7, 11) is 0. The summed E-state index contributed by atoms with van der Waals surface area (Å²) >= 11 is 0. The normalized spacial score (nSPS) is 10.4. The van der Waals surface area contributed by atoms with Crippen LogP contribution in [-0.2, 0) is 16.0 Å². The van der Waals surface area contributed by atoms with Crippen LogP contribution in [0.15, 0.2) is 30.3 Å². The average molecular weight is 313 g/mol. The van der Waals surface area contributed by atoms with E-state index in [9.17, 15) is 14.4 Å². The maximum atomic E-state index is 12.2. The smallest absolute Gasteiger partial charge is 0.310 e. The second-order valence-electron chi connectivity index (χ2n) is 5.43. The molecular weight excluding hydrogens is 294 g/mol. The maximum absolute atomic E-state index is 12.2. The van der Waals surface area contributed by atoms with E-state index >= 15 is 0 Å². The number of esters is 1. The summed E-state index contributed by atoms with van der Waals surface area (Å²) in [5.41, 5.74) is 2.91. The van der Waals surface area contributed by atoms with Crippen LogP contribution in [0.4, 0.5) is 0 Å². The molecule has 23 heavy (non-hydrogen) atoms. The van der Waals surface area contributed by atoms with E-state index in [0.717, 1.165) is 5.56 Å². The fourth-order valence-corrected chi connectivity index (χ4v) is 2.59. The molecule has 0 unspecified atom stereocenters. The standard InChI is InChI=1S/C18H19NO4/c1-11-17(13(3)20)12(2)19-18(11)15(21)10-23-16(22)9-14-7-5-4-6-8-14/h4-8,19H,9-10H2,1-3H3. The lowest BCUT2D eigenvalue weighted by Crippen LogP contribution is -2.16. The predicted molar refractivity (Wildman–Crippen MR) is 85.7 cm³/mol. The SMILES string of the molecule is CC(=O)c1c(C)[nH]c(C(=O)COC(=O)Cc2ccccc2)c1C. The molecule has 0 atom stereocenters. The van der Waals surface area contributed by atoms with Crippen molar-refractivity contribution in [2.75, 3.05) is 6.61 Å². The van der Waals surface area contributed by atoms with E-state index in [1.807, 2.05) is 30.3 Å². The first-order valence-electron chi connectivity index (χ1n) is 7.33. The zero-order valence-electron chi connectivity index (χ0n) is 13.4. The molecule has 2 rings (SSSR count). The monoisotopic (exact) mass is 313 g/mol. The summed E-state index contributed by atoms with van der Waals surface area (Å²) in [5.74, 6) is -0.909. The minimum atomic E-state index is -0.461. The van der Waals surface area contributed by atoms with Gasteiger partial charge in [-0.3, -0.25) is 14.4 Å². The zero-order chi connectivity index (χ0) is 17.0. The van der Waals surface area contributed by atoms with Crippen molar-refractivity contribution in [3.63, 3.8) is 0 Å². The minimum Gasteiger partial charge on any atom is -0.457 e. The summed E-state index contributed by atoms with van der Waals surface area (Å²) in [6, 6.07) is 9.17. The Hall–Kier alpha value is -2.69. The summed E-state index contributed by atoms with van der Waals surface area (Å²) in [6.45, 7) is 4.56. The molecule has 1 aromatic carbocycles. The number of benzene rings is 1. The molecule has 0 spiro atoms. The molecule has 0 aliphatic carbocycles. The molecule has 0 saturated heterocycles. The number of aromatic nitrogens is 1. The zero-order valence-corrected chi connectivity index (χ0v) is 13.4. The topological polar surface area (TPSA) is 76.2 Å². The largest absolute Gasteiger partial charge is 0.457 e. The van der Waals surface area contributed by atoms with E-state index in [-0.39, 0.29) is 24.6 Å². The molecule has 0 bridgehead atoms. The highest BCUT2D eigenvalue weighted by atomic mass is 16.5. The summed E-state index contributed by atoms with van der Waals surface area (Å²) in [4.78, 5) is 38.4. The van der Waals surface area contributed by atoms with Crippen molar-refractivity contribution in [2.45, 2.75) is 27.2 Å². The van der Waals surface area contributed by atoms with Crippen LogP contribution in [0.2, 0.25) is 0 Å². The van der Waals surface area contributed by atoms with Gasteiger partial charge >= 0.3 is 5.97 Å². The third kappa shape index (κ3) is 3.94. The summed E-state index contributed by atoms with van der Waals surface area (Å²) in [6.07, 6.45) is 0.121. The number of hydrogen-bond donors (Lipinski definition) is 1. The molecule has 0 aliphatic heterocycles. The van der Waals surface area contributed by atoms with Crippen LogP contribution in [0.3, 0.4) is 0 Å². The summed E-state index contributed by atoms with van der Waals surface area (Å²) in [5, 5.41) is 0. The van der Waals surface area contributed by atoms with Crippen molar-refractivity contribution in [3.05, 3.63) is 58.4 Å². The second-order valence-corrected chi connectivity index (χ2v) is 5.43. The number of ketones is 2. The van der Waals surface area contributed by atoms with Gasteiger partial charge in [-0.2, -0.15) is 0 Å². The first kappa shape index (κ1) is 16.7. The van der Waals surface area contributed by atoms with Crippen molar-refractivity contribution in [2.24, 2.45) is 0 Å². The Morgan fingerprint density at radius 3 is 2.30 bits per heavy atom. The van der Waals surface area contributed by atoms with Gasteiger partial charge in [-0.05, 0) is 31.9 Å². The van der Waals surface area contributed by atoms with Crippen LogP contribution >= 0.6 is 0 Å². The number of ether oxygens (including phenoxy) is 1. The van der Waals surface area contributed by atoms with Gasteiger partial charge in [-0.15, -0.1) is 0 Å². The van der Waals surface area contributed by atoms with Crippen LogP contribution in [-0.4, -0.2) is 29.1 Å². The Balaban J connectivity index is 1.99. The lowest BCUT2D eigenvalue weighted by molar-refractivity contribution is -0.141. The molecule has 5 nitrogen and oxygen atoms in total. The van der Waals surface area contributed by atoms with Gasteiger partial charge in [0, 0.05) is 11.3 Å². The van der Waals surface area contributed by atoms with Gasteiger partial charge in [0.2, 0.25) is 5.78 Å². The van der Waals surface area contributed by atoms with Gasteiger partial charge in [-0.25, -0.2) is 0 Å². The van der Waals surface area contributed by atoms with E-state index < -0.39 is 5.97 Å². The van der Waals surface area contributed by atoms with Crippen molar-refractivity contribution >= 4 is 17.5 Å². The molecule has 0 amide bonds. The molecule has 0 aliphatic rings. The van der Waals surface area contributed by atoms with Crippen molar-refractivity contribution in [3.8, 4) is 0 Å². The highest BCUT2D eigenvalue weighted by molar-refractivity contribution is 6.04. The third-order valence-electron chi connectivity index (χ3n) is 3.62. The van der Waals surface area contributed by atoms with Crippen molar-refractivity contribution < 1.29 is 19.1 Å². The Labute approximate surface area is 134 Å². The second kappa shape index (κ2) is 7.05. The number of aromatic amines is 1. The molecule has 1 N–H and O–H groups in total. The highest BCUT2D eigenvalue weighted by Crippen LogP contribution is 2.19. The molecule has 0 fully saturated rings. The number of carbonyl (C=O) groups is 3. The molecule has 120 valence electrons. The van der Waals surface area contributed by atoms with E-state index in [4.69, 9.17) is 4.74 Å². The third-order valence-corrected chi connectivity index (χ3v) is 3.62. The van der Waals surface area contributed by atoms with Gasteiger partial charge < -0.3 is 9.72 Å². The molecule has 1 heterocycles. The highest BCUT2D eigenvalue weighted by Gasteiger charge is 2.20. The number of Topliss-reactive ketones (excluding diaryl/α,β-unsaturated/α-hetero) is 2. The van der Waals surface area contributed by atoms with Crippen LogP contribution in [0.1, 0.15) is 44.6 Å². The van der Waals surface area contributed by atoms with Crippen LogP contribution in [0.5, 0.6) is 0 Å². The Morgan fingerprint density at radius 2 is 1.74 bits per heavy atom. The van der Waals surface area contributed by atoms with E-state index in [1.54, 1.807) is 13.8 Å². The van der Waals surface area contributed by atoms with Crippen molar-refractivity contribution in [1.82, 2.24) is 4.98 Å². The van der Waals surface area contributed by atoms with Crippen LogP contribution < -0.4 is 0 Å². The molecule has 5 heteroatoms. The average Bonchev–Trinajstić information content (AvgIpc) is 2.81. The van der Waals surface area contributed by atoms with E-state index in [1.165, 1.54) is 6.92 Å². The molecule has 0 saturated carbocycles. The van der Waals surface area contributed by atoms with Gasteiger partial charge in [0.05, 0.1) is 12.1 Å². The Kier molecular flexibility index (Phi) is 5.11. The van der Waals surface area contributed by atoms with Gasteiger partial charge in [0.15, 0.2) is 12.4 Å². The molecule has 2 aromatic rings. The number of carbonyl (C=O) groups excluding carboxylic acids is 3. The number of hydrogen-bond acceptors (Lipinski definition) is 4. The fourth-order valence-electron chi connectivity index (χ4n) is 2.59. The fraction of sp³-hybridized carbons (Fsp3) is 0.278. The lowest BCUT2D eigenvalue weighted by Gasteiger charge is -2.04. The van der Waals surface area contributed by atoms with Gasteiger partial charge in [0.25, 0.3) is 0 Å². The van der Waals surface area contributed by atoms with Crippen molar-refractivity contribution in [1.29, 1.82) is 0 Å².